The number of para-hydroxylation sites is 1. The molecule has 4 rings (SSSR count). The van der Waals surface area contributed by atoms with Gasteiger partial charge in [0.2, 0.25) is 5.91 Å². The molecule has 1 N–H and O–H groups in total. The van der Waals surface area contributed by atoms with Gasteiger partial charge in [0.05, 0.1) is 18.8 Å². The molecular formula is C18H16N2O4. The van der Waals surface area contributed by atoms with E-state index in [0.29, 0.717) is 0 Å². The molecule has 2 amide bonds. The van der Waals surface area contributed by atoms with Crippen molar-refractivity contribution in [3.05, 3.63) is 60.2 Å². The average molecular weight is 324 g/mol. The maximum atomic E-state index is 12.3. The number of carbonyl (C=O) groups is 2. The highest BCUT2D eigenvalue weighted by molar-refractivity contribution is 6.07. The molecule has 0 bridgehead atoms. The third kappa shape index (κ3) is 2.23. The standard InChI is InChI=1S/C18H16N2O4/c1-23-13-9-7-11(8-10-13)15-14-16(18(22)19-17(14)21)24-20(15)12-5-3-2-4-6-12/h2-10,14-16H,1H3,(H,19,21,22)/t14-,15-,16-/m1/s1. The van der Waals surface area contributed by atoms with Crippen LogP contribution in [0.25, 0.3) is 0 Å². The molecule has 2 fully saturated rings. The lowest BCUT2D eigenvalue weighted by atomic mass is 9.90. The van der Waals surface area contributed by atoms with Gasteiger partial charge in [-0.3, -0.25) is 19.7 Å². The summed E-state index contributed by atoms with van der Waals surface area (Å²) in [7, 11) is 1.60. The minimum Gasteiger partial charge on any atom is -0.497 e. The van der Waals surface area contributed by atoms with Crippen molar-refractivity contribution in [1.82, 2.24) is 5.32 Å². The zero-order chi connectivity index (χ0) is 16.7. The monoisotopic (exact) mass is 324 g/mol. The van der Waals surface area contributed by atoms with Gasteiger partial charge < -0.3 is 4.74 Å². The molecule has 0 unspecified atom stereocenters. The topological polar surface area (TPSA) is 67.9 Å². The minimum absolute atomic E-state index is 0.302. The number of ether oxygens (including phenoxy) is 1. The lowest BCUT2D eigenvalue weighted by Gasteiger charge is -2.27. The van der Waals surface area contributed by atoms with Crippen molar-refractivity contribution in [3.8, 4) is 5.75 Å². The van der Waals surface area contributed by atoms with Crippen LogP contribution in [0.3, 0.4) is 0 Å². The lowest BCUT2D eigenvalue weighted by Crippen LogP contribution is -2.33. The number of methoxy groups -OCH3 is 1. The third-order valence-corrected chi connectivity index (χ3v) is 4.42. The van der Waals surface area contributed by atoms with E-state index in [4.69, 9.17) is 9.57 Å². The predicted octanol–water partition coefficient (Wildman–Crippen LogP) is 1.83. The summed E-state index contributed by atoms with van der Waals surface area (Å²) in [4.78, 5) is 30.2. The molecule has 0 saturated carbocycles. The number of amides is 2. The van der Waals surface area contributed by atoms with E-state index in [1.165, 1.54) is 0 Å². The molecule has 2 aliphatic rings. The molecule has 0 radical (unpaired) electrons. The zero-order valence-electron chi connectivity index (χ0n) is 13.0. The van der Waals surface area contributed by atoms with Crippen molar-refractivity contribution in [2.45, 2.75) is 12.1 Å². The van der Waals surface area contributed by atoms with Crippen LogP contribution >= 0.6 is 0 Å². The number of imide groups is 1. The van der Waals surface area contributed by atoms with Crippen LogP contribution in [0.2, 0.25) is 0 Å². The molecule has 2 aromatic carbocycles. The second kappa shape index (κ2) is 5.65. The third-order valence-electron chi connectivity index (χ3n) is 4.42. The summed E-state index contributed by atoms with van der Waals surface area (Å²) in [5, 5.41) is 4.02. The van der Waals surface area contributed by atoms with Crippen LogP contribution in [0, 0.1) is 5.92 Å². The Morgan fingerprint density at radius 1 is 1.00 bits per heavy atom. The van der Waals surface area contributed by atoms with Crippen molar-refractivity contribution in [2.75, 3.05) is 12.2 Å². The summed E-state index contributed by atoms with van der Waals surface area (Å²) in [6.07, 6.45) is -0.801. The number of hydrogen-bond acceptors (Lipinski definition) is 5. The molecule has 0 aromatic heterocycles. The molecule has 2 saturated heterocycles. The number of carbonyl (C=O) groups excluding carboxylic acids is 2. The van der Waals surface area contributed by atoms with Crippen LogP contribution in [0.4, 0.5) is 5.69 Å². The second-order valence-corrected chi connectivity index (χ2v) is 5.78. The van der Waals surface area contributed by atoms with Crippen molar-refractivity contribution >= 4 is 17.5 Å². The number of rotatable bonds is 3. The zero-order valence-corrected chi connectivity index (χ0v) is 13.0. The van der Waals surface area contributed by atoms with Gasteiger partial charge in [0.25, 0.3) is 5.91 Å². The molecule has 2 heterocycles. The highest BCUT2D eigenvalue weighted by Crippen LogP contribution is 2.44. The predicted molar refractivity (Wildman–Crippen MR) is 86.2 cm³/mol. The Morgan fingerprint density at radius 2 is 1.71 bits per heavy atom. The van der Waals surface area contributed by atoms with E-state index < -0.39 is 12.0 Å². The summed E-state index contributed by atoms with van der Waals surface area (Å²) < 4.78 is 5.19. The van der Waals surface area contributed by atoms with Crippen LogP contribution in [0.1, 0.15) is 11.6 Å². The maximum absolute atomic E-state index is 12.3. The first-order chi connectivity index (χ1) is 11.7. The fraction of sp³-hybridized carbons (Fsp3) is 0.222. The minimum atomic E-state index is -0.801. The van der Waals surface area contributed by atoms with Gasteiger partial charge in [-0.15, -0.1) is 0 Å². The van der Waals surface area contributed by atoms with E-state index >= 15 is 0 Å². The Bertz CT molecular complexity index is 775. The smallest absolute Gasteiger partial charge is 0.259 e. The first-order valence-electron chi connectivity index (χ1n) is 7.69. The van der Waals surface area contributed by atoms with E-state index in [1.54, 1.807) is 12.2 Å². The van der Waals surface area contributed by atoms with E-state index in [2.05, 4.69) is 5.32 Å². The van der Waals surface area contributed by atoms with Gasteiger partial charge >= 0.3 is 0 Å². The lowest BCUT2D eigenvalue weighted by molar-refractivity contribution is -0.129. The molecule has 3 atom stereocenters. The van der Waals surface area contributed by atoms with Gasteiger partial charge in [-0.05, 0) is 29.8 Å². The Hall–Kier alpha value is -2.86. The Balaban J connectivity index is 1.78. The molecule has 0 aliphatic carbocycles. The van der Waals surface area contributed by atoms with Crippen molar-refractivity contribution in [2.24, 2.45) is 5.92 Å². The van der Waals surface area contributed by atoms with E-state index in [1.807, 2.05) is 54.6 Å². The van der Waals surface area contributed by atoms with E-state index in [-0.39, 0.29) is 17.9 Å². The molecule has 2 aliphatic heterocycles. The molecule has 24 heavy (non-hydrogen) atoms. The highest BCUT2D eigenvalue weighted by Gasteiger charge is 2.56. The van der Waals surface area contributed by atoms with Crippen molar-refractivity contribution in [3.63, 3.8) is 0 Å². The fourth-order valence-electron chi connectivity index (χ4n) is 3.27. The van der Waals surface area contributed by atoms with Gasteiger partial charge in [0.15, 0.2) is 6.10 Å². The number of fused-ring (bicyclic) bond motifs is 1. The second-order valence-electron chi connectivity index (χ2n) is 5.78. The SMILES string of the molecule is COc1ccc([C@@H]2[C@H]3C(=O)NC(=O)[C@@H]3ON2c2ccccc2)cc1. The van der Waals surface area contributed by atoms with Gasteiger partial charge in [0.1, 0.15) is 11.7 Å². The number of anilines is 1. The summed E-state index contributed by atoms with van der Waals surface area (Å²) in [6.45, 7) is 0. The summed E-state index contributed by atoms with van der Waals surface area (Å²) in [6, 6.07) is 16.5. The van der Waals surface area contributed by atoms with Gasteiger partial charge in [0, 0.05) is 0 Å². The van der Waals surface area contributed by atoms with Gasteiger partial charge in [-0.1, -0.05) is 30.3 Å². The molecule has 0 spiro atoms. The molecular weight excluding hydrogens is 308 g/mol. The largest absolute Gasteiger partial charge is 0.497 e. The summed E-state index contributed by atoms with van der Waals surface area (Å²) in [5.41, 5.74) is 1.69. The van der Waals surface area contributed by atoms with E-state index in [9.17, 15) is 9.59 Å². The molecule has 2 aromatic rings. The first kappa shape index (κ1) is 14.7. The van der Waals surface area contributed by atoms with Crippen LogP contribution in [-0.2, 0) is 14.4 Å². The van der Waals surface area contributed by atoms with Crippen molar-refractivity contribution < 1.29 is 19.2 Å². The van der Waals surface area contributed by atoms with Crippen LogP contribution in [0.15, 0.2) is 54.6 Å². The fourth-order valence-corrected chi connectivity index (χ4v) is 3.27. The molecule has 122 valence electrons. The molecule has 6 nitrogen and oxygen atoms in total. The average Bonchev–Trinajstić information content (AvgIpc) is 3.14. The van der Waals surface area contributed by atoms with Crippen LogP contribution in [0.5, 0.6) is 5.75 Å². The van der Waals surface area contributed by atoms with Crippen LogP contribution < -0.4 is 15.1 Å². The van der Waals surface area contributed by atoms with Gasteiger partial charge in [-0.25, -0.2) is 5.06 Å². The first-order valence-corrected chi connectivity index (χ1v) is 7.69. The summed E-state index contributed by atoms with van der Waals surface area (Å²) >= 11 is 0. The van der Waals surface area contributed by atoms with Gasteiger partial charge in [-0.2, -0.15) is 0 Å². The highest BCUT2D eigenvalue weighted by atomic mass is 16.7. The Kier molecular flexibility index (Phi) is 3.46. The number of nitrogens with zero attached hydrogens (tertiary/aromatic N) is 1. The molecule has 6 heteroatoms. The Labute approximate surface area is 138 Å². The van der Waals surface area contributed by atoms with Crippen molar-refractivity contribution in [1.29, 1.82) is 0 Å². The van der Waals surface area contributed by atoms with Crippen LogP contribution in [-0.4, -0.2) is 25.0 Å². The number of benzene rings is 2. The quantitative estimate of drug-likeness (QED) is 0.873. The Morgan fingerprint density at radius 3 is 2.38 bits per heavy atom. The number of hydrogen-bond donors (Lipinski definition) is 1. The summed E-state index contributed by atoms with van der Waals surface area (Å²) in [5.74, 6) is -0.537. The van der Waals surface area contributed by atoms with E-state index in [0.717, 1.165) is 17.0 Å². The normalized spacial score (nSPS) is 25.5. The number of hydroxylamine groups is 1. The number of nitrogens with one attached hydrogen (secondary N) is 1. The maximum Gasteiger partial charge on any atom is 0.259 e.